The van der Waals surface area contributed by atoms with E-state index in [1.807, 2.05) is 11.0 Å². The Morgan fingerprint density at radius 3 is 2.74 bits per heavy atom. The second kappa shape index (κ2) is 5.94. The largest absolute Gasteiger partial charge is 0.368 e. The van der Waals surface area contributed by atoms with Crippen molar-refractivity contribution in [2.45, 2.75) is 13.3 Å². The molecule has 0 aliphatic carbocycles. The highest BCUT2D eigenvalue weighted by atomic mass is 35.5. The van der Waals surface area contributed by atoms with Gasteiger partial charge in [0.05, 0.1) is 22.3 Å². The van der Waals surface area contributed by atoms with Crippen molar-refractivity contribution in [1.82, 2.24) is 4.90 Å². The number of carbonyl (C=O) groups excluding carboxylic acids is 1. The van der Waals surface area contributed by atoms with Crippen LogP contribution in [0, 0.1) is 11.3 Å². The van der Waals surface area contributed by atoms with Crippen LogP contribution >= 0.6 is 11.6 Å². The molecule has 5 heteroatoms. The van der Waals surface area contributed by atoms with Gasteiger partial charge < -0.3 is 9.80 Å². The summed E-state index contributed by atoms with van der Waals surface area (Å²) < 4.78 is 0. The van der Waals surface area contributed by atoms with Crippen molar-refractivity contribution in [3.8, 4) is 6.07 Å². The molecule has 0 bridgehead atoms. The number of anilines is 1. The van der Waals surface area contributed by atoms with E-state index in [4.69, 9.17) is 16.9 Å². The van der Waals surface area contributed by atoms with Gasteiger partial charge in [-0.05, 0) is 24.6 Å². The summed E-state index contributed by atoms with van der Waals surface area (Å²) >= 11 is 6.22. The number of nitrogens with zero attached hydrogens (tertiary/aromatic N) is 3. The molecule has 0 N–H and O–H groups in total. The molecular weight excluding hydrogens is 262 g/mol. The van der Waals surface area contributed by atoms with Crippen LogP contribution in [-0.4, -0.2) is 37.0 Å². The topological polar surface area (TPSA) is 47.3 Å². The Morgan fingerprint density at radius 2 is 2.11 bits per heavy atom. The van der Waals surface area contributed by atoms with Gasteiger partial charge in [0.1, 0.15) is 0 Å². The molecular formula is C14H16ClN3O. The first kappa shape index (κ1) is 13.7. The molecule has 0 radical (unpaired) electrons. The summed E-state index contributed by atoms with van der Waals surface area (Å²) in [6, 6.07) is 7.41. The number of hydrogen-bond donors (Lipinski definition) is 0. The fourth-order valence-electron chi connectivity index (χ4n) is 2.31. The molecule has 1 fully saturated rings. The number of halogens is 1. The SMILES string of the molecule is CC(=O)N1CCCN(c2ccc(C#N)cc2Cl)CC1. The maximum Gasteiger partial charge on any atom is 0.219 e. The predicted molar refractivity (Wildman–Crippen MR) is 75.3 cm³/mol. The molecule has 0 aromatic heterocycles. The average Bonchev–Trinajstić information content (AvgIpc) is 2.64. The van der Waals surface area contributed by atoms with Crippen molar-refractivity contribution in [3.63, 3.8) is 0 Å². The minimum Gasteiger partial charge on any atom is -0.368 e. The second-order valence-electron chi connectivity index (χ2n) is 4.62. The molecule has 100 valence electrons. The van der Waals surface area contributed by atoms with Gasteiger partial charge in [0.15, 0.2) is 0 Å². The van der Waals surface area contributed by atoms with E-state index in [9.17, 15) is 4.79 Å². The molecule has 1 aromatic carbocycles. The Labute approximate surface area is 118 Å². The van der Waals surface area contributed by atoms with Gasteiger partial charge >= 0.3 is 0 Å². The summed E-state index contributed by atoms with van der Waals surface area (Å²) in [6.45, 7) is 4.75. The summed E-state index contributed by atoms with van der Waals surface area (Å²) in [6.07, 6.45) is 0.926. The van der Waals surface area contributed by atoms with Crippen LogP contribution in [-0.2, 0) is 4.79 Å². The van der Waals surface area contributed by atoms with Gasteiger partial charge in [-0.2, -0.15) is 5.26 Å². The highest BCUT2D eigenvalue weighted by Crippen LogP contribution is 2.27. The van der Waals surface area contributed by atoms with Crippen LogP contribution in [0.2, 0.25) is 5.02 Å². The van der Waals surface area contributed by atoms with E-state index in [1.165, 1.54) is 0 Å². The molecule has 0 spiro atoms. The normalized spacial score (nSPS) is 15.8. The standard InChI is InChI=1S/C14H16ClN3O/c1-11(19)17-5-2-6-18(8-7-17)14-4-3-12(10-16)9-13(14)15/h3-4,9H,2,5-8H2,1H3. The lowest BCUT2D eigenvalue weighted by Gasteiger charge is -2.24. The number of rotatable bonds is 1. The molecule has 2 rings (SSSR count). The number of hydrogen-bond acceptors (Lipinski definition) is 3. The van der Waals surface area contributed by atoms with E-state index < -0.39 is 0 Å². The smallest absolute Gasteiger partial charge is 0.219 e. The van der Waals surface area contributed by atoms with Crippen LogP contribution in [0.1, 0.15) is 18.9 Å². The summed E-state index contributed by atoms with van der Waals surface area (Å²) in [4.78, 5) is 15.4. The van der Waals surface area contributed by atoms with E-state index in [0.717, 1.165) is 31.7 Å². The first-order chi connectivity index (χ1) is 9.11. The van der Waals surface area contributed by atoms with Gasteiger partial charge in [-0.25, -0.2) is 0 Å². The maximum absolute atomic E-state index is 11.4. The molecule has 1 aliphatic rings. The Bertz CT molecular complexity index is 524. The lowest BCUT2D eigenvalue weighted by atomic mass is 10.2. The zero-order valence-electron chi connectivity index (χ0n) is 10.9. The van der Waals surface area contributed by atoms with E-state index in [-0.39, 0.29) is 5.91 Å². The molecule has 4 nitrogen and oxygen atoms in total. The summed E-state index contributed by atoms with van der Waals surface area (Å²) in [7, 11) is 0. The molecule has 1 aliphatic heterocycles. The van der Waals surface area contributed by atoms with Gasteiger partial charge in [-0.15, -0.1) is 0 Å². The van der Waals surface area contributed by atoms with E-state index in [0.29, 0.717) is 17.1 Å². The van der Waals surface area contributed by atoms with Gasteiger partial charge in [0.25, 0.3) is 0 Å². The van der Waals surface area contributed by atoms with Gasteiger partial charge in [0, 0.05) is 33.1 Å². The number of benzene rings is 1. The highest BCUT2D eigenvalue weighted by molar-refractivity contribution is 6.33. The van der Waals surface area contributed by atoms with Crippen molar-refractivity contribution in [3.05, 3.63) is 28.8 Å². The van der Waals surface area contributed by atoms with Gasteiger partial charge in [-0.1, -0.05) is 11.6 Å². The number of carbonyl (C=O) groups is 1. The van der Waals surface area contributed by atoms with E-state index in [2.05, 4.69) is 11.0 Å². The zero-order chi connectivity index (χ0) is 13.8. The third-order valence-electron chi connectivity index (χ3n) is 3.36. The van der Waals surface area contributed by atoms with Crippen molar-refractivity contribution in [2.24, 2.45) is 0 Å². The minimum absolute atomic E-state index is 0.118. The highest BCUT2D eigenvalue weighted by Gasteiger charge is 2.18. The van der Waals surface area contributed by atoms with Crippen molar-refractivity contribution >= 4 is 23.2 Å². The maximum atomic E-state index is 11.4. The van der Waals surface area contributed by atoms with Crippen molar-refractivity contribution in [2.75, 3.05) is 31.1 Å². The average molecular weight is 278 g/mol. The fraction of sp³-hybridized carbons (Fsp3) is 0.429. The molecule has 0 saturated carbocycles. The van der Waals surface area contributed by atoms with Crippen LogP contribution in [0.3, 0.4) is 0 Å². The summed E-state index contributed by atoms with van der Waals surface area (Å²) in [5.41, 5.74) is 1.50. The Balaban J connectivity index is 2.14. The molecule has 1 aromatic rings. The van der Waals surface area contributed by atoms with Gasteiger partial charge in [0.2, 0.25) is 5.91 Å². The number of amides is 1. The third-order valence-corrected chi connectivity index (χ3v) is 3.66. The Kier molecular flexibility index (Phi) is 4.28. The van der Waals surface area contributed by atoms with Crippen LogP contribution < -0.4 is 4.90 Å². The van der Waals surface area contributed by atoms with Gasteiger partial charge in [-0.3, -0.25) is 4.79 Å². The first-order valence-corrected chi connectivity index (χ1v) is 6.69. The van der Waals surface area contributed by atoms with Crippen LogP contribution in [0.4, 0.5) is 5.69 Å². The van der Waals surface area contributed by atoms with Crippen LogP contribution in [0.25, 0.3) is 0 Å². The zero-order valence-corrected chi connectivity index (χ0v) is 11.7. The Morgan fingerprint density at radius 1 is 1.32 bits per heavy atom. The molecule has 19 heavy (non-hydrogen) atoms. The fourth-order valence-corrected chi connectivity index (χ4v) is 2.61. The summed E-state index contributed by atoms with van der Waals surface area (Å²) in [5, 5.41) is 9.43. The summed E-state index contributed by atoms with van der Waals surface area (Å²) in [5.74, 6) is 0.118. The number of nitriles is 1. The van der Waals surface area contributed by atoms with E-state index >= 15 is 0 Å². The second-order valence-corrected chi connectivity index (χ2v) is 5.03. The Hall–Kier alpha value is -1.73. The molecule has 1 amide bonds. The van der Waals surface area contributed by atoms with Crippen LogP contribution in [0.15, 0.2) is 18.2 Å². The van der Waals surface area contributed by atoms with Crippen molar-refractivity contribution < 1.29 is 4.79 Å². The van der Waals surface area contributed by atoms with E-state index in [1.54, 1.807) is 19.1 Å². The van der Waals surface area contributed by atoms with Crippen molar-refractivity contribution in [1.29, 1.82) is 5.26 Å². The lowest BCUT2D eigenvalue weighted by molar-refractivity contribution is -0.128. The monoisotopic (exact) mass is 277 g/mol. The lowest BCUT2D eigenvalue weighted by Crippen LogP contribution is -2.33. The van der Waals surface area contributed by atoms with Crippen LogP contribution in [0.5, 0.6) is 0 Å². The first-order valence-electron chi connectivity index (χ1n) is 6.32. The molecule has 0 unspecified atom stereocenters. The minimum atomic E-state index is 0.118. The molecule has 0 atom stereocenters. The molecule has 1 heterocycles. The molecule has 1 saturated heterocycles. The third kappa shape index (κ3) is 3.18. The predicted octanol–water partition coefficient (Wildman–Crippen LogP) is 2.27. The quantitative estimate of drug-likeness (QED) is 0.791.